The number of hydrogen-bond acceptors (Lipinski definition) is 5. The summed E-state index contributed by atoms with van der Waals surface area (Å²) in [6.07, 6.45) is 0. The number of rotatable bonds is 9. The minimum Gasteiger partial charge on any atom is -0.497 e. The molecule has 0 aliphatic heterocycles. The molecule has 0 bridgehead atoms. The first-order chi connectivity index (χ1) is 20.1. The van der Waals surface area contributed by atoms with Gasteiger partial charge in [0.2, 0.25) is 0 Å². The van der Waals surface area contributed by atoms with Gasteiger partial charge in [0.1, 0.15) is 11.5 Å². The molecule has 2 N–H and O–H groups in total. The first-order valence-electron chi connectivity index (χ1n) is 13.0. The number of carbonyl (C=O) groups is 2. The van der Waals surface area contributed by atoms with Gasteiger partial charge in [-0.3, -0.25) is 9.59 Å². The van der Waals surface area contributed by atoms with Gasteiger partial charge in [0.05, 0.1) is 42.4 Å². The Labute approximate surface area is 239 Å². The largest absolute Gasteiger partial charge is 0.497 e. The SMILES string of the molecule is COc1ccc(NC(=O)c2ccccc2NC(=O)c2ccccc2N(c2ccccc2)c2ccccc2)c(OC)c1. The van der Waals surface area contributed by atoms with Gasteiger partial charge in [0, 0.05) is 17.4 Å². The third-order valence-electron chi connectivity index (χ3n) is 6.50. The zero-order valence-corrected chi connectivity index (χ0v) is 22.7. The quantitative estimate of drug-likeness (QED) is 0.199. The molecule has 0 saturated heterocycles. The molecule has 0 heterocycles. The van der Waals surface area contributed by atoms with Crippen LogP contribution in [0.5, 0.6) is 11.5 Å². The first-order valence-corrected chi connectivity index (χ1v) is 13.0. The van der Waals surface area contributed by atoms with Crippen molar-refractivity contribution in [1.29, 1.82) is 0 Å². The Hall–Kier alpha value is -5.56. The highest BCUT2D eigenvalue weighted by Gasteiger charge is 2.21. The molecule has 7 nitrogen and oxygen atoms in total. The molecule has 0 saturated carbocycles. The third-order valence-corrected chi connectivity index (χ3v) is 6.50. The van der Waals surface area contributed by atoms with Gasteiger partial charge in [-0.15, -0.1) is 0 Å². The molecule has 0 aliphatic rings. The topological polar surface area (TPSA) is 79.9 Å². The highest BCUT2D eigenvalue weighted by atomic mass is 16.5. The van der Waals surface area contributed by atoms with Crippen LogP contribution in [0.1, 0.15) is 20.7 Å². The number of hydrogen-bond donors (Lipinski definition) is 2. The summed E-state index contributed by atoms with van der Waals surface area (Å²) in [5.74, 6) is 0.314. The van der Waals surface area contributed by atoms with Crippen LogP contribution in [0.2, 0.25) is 0 Å². The van der Waals surface area contributed by atoms with Crippen molar-refractivity contribution in [2.45, 2.75) is 0 Å². The summed E-state index contributed by atoms with van der Waals surface area (Å²) in [4.78, 5) is 29.2. The molecule has 5 aromatic rings. The first kappa shape index (κ1) is 27.0. The number of methoxy groups -OCH3 is 2. The maximum Gasteiger partial charge on any atom is 0.257 e. The molecular formula is C34H29N3O4. The number of nitrogens with zero attached hydrogens (tertiary/aromatic N) is 1. The monoisotopic (exact) mass is 543 g/mol. The van der Waals surface area contributed by atoms with Crippen molar-refractivity contribution >= 4 is 40.3 Å². The Kier molecular flexibility index (Phi) is 8.26. The van der Waals surface area contributed by atoms with Crippen molar-refractivity contribution in [3.05, 3.63) is 139 Å². The molecule has 0 atom stereocenters. The van der Waals surface area contributed by atoms with Gasteiger partial charge in [0.15, 0.2) is 0 Å². The number of carbonyl (C=O) groups excluding carboxylic acids is 2. The lowest BCUT2D eigenvalue weighted by Gasteiger charge is -2.27. The number of amides is 2. The van der Waals surface area contributed by atoms with E-state index in [9.17, 15) is 9.59 Å². The van der Waals surface area contributed by atoms with Gasteiger partial charge in [-0.1, -0.05) is 60.7 Å². The average molecular weight is 544 g/mol. The molecule has 0 radical (unpaired) electrons. The molecule has 0 unspecified atom stereocenters. The standard InChI is InChI=1S/C34H29N3O4/c1-40-26-21-22-30(32(23-26)41-2)36-33(38)27-17-9-11-19-29(27)35-34(39)28-18-10-12-20-31(28)37(24-13-5-3-6-14-24)25-15-7-4-8-16-25/h3-23H,1-2H3,(H,35,39)(H,36,38). The van der Waals surface area contributed by atoms with Crippen molar-refractivity contribution in [3.8, 4) is 11.5 Å². The Morgan fingerprint density at radius 2 is 1.10 bits per heavy atom. The number of ether oxygens (including phenoxy) is 2. The van der Waals surface area contributed by atoms with Crippen molar-refractivity contribution in [2.24, 2.45) is 0 Å². The third kappa shape index (κ3) is 6.04. The summed E-state index contributed by atoms with van der Waals surface area (Å²) in [6.45, 7) is 0. The van der Waals surface area contributed by atoms with E-state index < -0.39 is 5.91 Å². The normalized spacial score (nSPS) is 10.4. The van der Waals surface area contributed by atoms with Crippen LogP contribution in [0.3, 0.4) is 0 Å². The van der Waals surface area contributed by atoms with E-state index in [1.54, 1.807) is 55.6 Å². The summed E-state index contributed by atoms with van der Waals surface area (Å²) in [6, 6.07) is 39.1. The lowest BCUT2D eigenvalue weighted by atomic mass is 10.1. The second-order valence-corrected chi connectivity index (χ2v) is 9.04. The van der Waals surface area contributed by atoms with E-state index in [0.717, 1.165) is 11.4 Å². The summed E-state index contributed by atoms with van der Waals surface area (Å²) in [5.41, 5.74) is 4.13. The summed E-state index contributed by atoms with van der Waals surface area (Å²) >= 11 is 0. The number of benzene rings is 5. The van der Waals surface area contributed by atoms with E-state index in [2.05, 4.69) is 10.6 Å². The average Bonchev–Trinajstić information content (AvgIpc) is 3.03. The fraction of sp³-hybridized carbons (Fsp3) is 0.0588. The highest BCUT2D eigenvalue weighted by molar-refractivity contribution is 6.14. The van der Waals surface area contributed by atoms with E-state index in [-0.39, 0.29) is 5.91 Å². The maximum absolute atomic E-state index is 13.8. The zero-order chi connectivity index (χ0) is 28.6. The molecular weight excluding hydrogens is 514 g/mol. The Morgan fingerprint density at radius 3 is 1.73 bits per heavy atom. The fourth-order valence-corrected chi connectivity index (χ4v) is 4.51. The Bertz CT molecular complexity index is 1620. The Balaban J connectivity index is 1.46. The predicted octanol–water partition coefficient (Wildman–Crippen LogP) is 7.68. The molecule has 0 spiro atoms. The minimum absolute atomic E-state index is 0.305. The van der Waals surface area contributed by atoms with Gasteiger partial charge in [-0.2, -0.15) is 0 Å². The van der Waals surface area contributed by atoms with Gasteiger partial charge in [-0.25, -0.2) is 0 Å². The number of anilines is 5. The molecule has 2 amide bonds. The molecule has 0 aliphatic carbocycles. The second-order valence-electron chi connectivity index (χ2n) is 9.04. The molecule has 204 valence electrons. The molecule has 5 aromatic carbocycles. The molecule has 0 aromatic heterocycles. The van der Waals surface area contributed by atoms with E-state index in [1.807, 2.05) is 83.8 Å². The number of para-hydroxylation sites is 4. The van der Waals surface area contributed by atoms with E-state index in [0.29, 0.717) is 39.7 Å². The van der Waals surface area contributed by atoms with Gasteiger partial charge in [0.25, 0.3) is 11.8 Å². The van der Waals surface area contributed by atoms with Crippen molar-refractivity contribution in [1.82, 2.24) is 0 Å². The molecule has 5 rings (SSSR count). The van der Waals surface area contributed by atoms with Crippen LogP contribution in [-0.2, 0) is 0 Å². The van der Waals surface area contributed by atoms with Crippen LogP contribution in [0.15, 0.2) is 127 Å². The van der Waals surface area contributed by atoms with Crippen LogP contribution in [0, 0.1) is 0 Å². The lowest BCUT2D eigenvalue weighted by molar-refractivity contribution is 0.102. The van der Waals surface area contributed by atoms with Gasteiger partial charge >= 0.3 is 0 Å². The van der Waals surface area contributed by atoms with Crippen molar-refractivity contribution in [2.75, 3.05) is 29.8 Å². The second kappa shape index (κ2) is 12.5. The van der Waals surface area contributed by atoms with Crippen molar-refractivity contribution in [3.63, 3.8) is 0 Å². The molecule has 0 fully saturated rings. The van der Waals surface area contributed by atoms with Crippen LogP contribution < -0.4 is 25.0 Å². The predicted molar refractivity (Wildman–Crippen MR) is 163 cm³/mol. The van der Waals surface area contributed by atoms with E-state index in [1.165, 1.54) is 7.11 Å². The fourth-order valence-electron chi connectivity index (χ4n) is 4.51. The Morgan fingerprint density at radius 1 is 0.561 bits per heavy atom. The van der Waals surface area contributed by atoms with Crippen LogP contribution in [0.4, 0.5) is 28.4 Å². The molecule has 7 heteroatoms. The smallest absolute Gasteiger partial charge is 0.257 e. The minimum atomic E-state index is -0.396. The maximum atomic E-state index is 13.8. The lowest BCUT2D eigenvalue weighted by Crippen LogP contribution is -2.21. The van der Waals surface area contributed by atoms with Gasteiger partial charge in [-0.05, 0) is 60.7 Å². The van der Waals surface area contributed by atoms with Crippen molar-refractivity contribution < 1.29 is 19.1 Å². The van der Waals surface area contributed by atoms with Crippen LogP contribution in [0.25, 0.3) is 0 Å². The van der Waals surface area contributed by atoms with E-state index >= 15 is 0 Å². The summed E-state index contributed by atoms with van der Waals surface area (Å²) in [5, 5.41) is 5.84. The zero-order valence-electron chi connectivity index (χ0n) is 22.7. The van der Waals surface area contributed by atoms with E-state index in [4.69, 9.17) is 9.47 Å². The van der Waals surface area contributed by atoms with Crippen LogP contribution >= 0.6 is 0 Å². The molecule has 41 heavy (non-hydrogen) atoms. The summed E-state index contributed by atoms with van der Waals surface area (Å²) < 4.78 is 10.7. The summed E-state index contributed by atoms with van der Waals surface area (Å²) in [7, 11) is 3.08. The number of nitrogens with one attached hydrogen (secondary N) is 2. The highest BCUT2D eigenvalue weighted by Crippen LogP contribution is 2.37. The van der Waals surface area contributed by atoms with Gasteiger partial charge < -0.3 is 25.0 Å². The van der Waals surface area contributed by atoms with Crippen LogP contribution in [-0.4, -0.2) is 26.0 Å².